The topological polar surface area (TPSA) is 22.0 Å². The highest BCUT2D eigenvalue weighted by Gasteiger charge is 2.14. The summed E-state index contributed by atoms with van der Waals surface area (Å²) < 4.78 is 2.27. The Bertz CT molecular complexity index is 931. The fourth-order valence-electron chi connectivity index (χ4n) is 2.87. The molecule has 3 heteroatoms. The molecule has 0 fully saturated rings. The number of pyridine rings is 1. The van der Waals surface area contributed by atoms with Gasteiger partial charge < -0.3 is 4.57 Å². The van der Waals surface area contributed by atoms with Crippen LogP contribution in [0.25, 0.3) is 10.2 Å². The van der Waals surface area contributed by atoms with Crippen molar-refractivity contribution in [2.75, 3.05) is 0 Å². The number of hydrogen-bond acceptors (Lipinski definition) is 2. The highest BCUT2D eigenvalue weighted by Crippen LogP contribution is 2.29. The van der Waals surface area contributed by atoms with Crippen LogP contribution in [0.2, 0.25) is 0 Å². The van der Waals surface area contributed by atoms with Crippen LogP contribution >= 0.6 is 11.3 Å². The van der Waals surface area contributed by atoms with Gasteiger partial charge in [0, 0.05) is 23.2 Å². The highest BCUT2D eigenvalue weighted by molar-refractivity contribution is 7.18. The smallest absolute Gasteiger partial charge is 0.190 e. The maximum Gasteiger partial charge on any atom is 0.190 e. The van der Waals surface area contributed by atoms with Gasteiger partial charge in [0.2, 0.25) is 0 Å². The molecular weight excluding hydrogens is 290 g/mol. The maximum absolute atomic E-state index is 12.3. The normalized spacial score (nSPS) is 11.3. The Hall–Kier alpha value is -1.87. The molecule has 0 aliphatic carbocycles. The molecule has 0 unspecified atom stereocenters. The SMILES string of the molecule is Cc1ccc(Cn2c(C)cc(=O)c3c(C)c(C)sc32)cc1C. The second-order valence-electron chi connectivity index (χ2n) is 6.12. The van der Waals surface area contributed by atoms with Crippen molar-refractivity contribution in [3.8, 4) is 0 Å². The number of aryl methyl sites for hydroxylation is 5. The predicted octanol–water partition coefficient (Wildman–Crippen LogP) is 4.65. The van der Waals surface area contributed by atoms with E-state index in [2.05, 4.69) is 43.5 Å². The van der Waals surface area contributed by atoms with Crippen molar-refractivity contribution in [3.05, 3.63) is 67.3 Å². The van der Waals surface area contributed by atoms with Crippen LogP contribution in [0.15, 0.2) is 29.1 Å². The summed E-state index contributed by atoms with van der Waals surface area (Å²) in [5.41, 5.74) is 6.20. The van der Waals surface area contributed by atoms with E-state index in [9.17, 15) is 4.79 Å². The van der Waals surface area contributed by atoms with E-state index in [-0.39, 0.29) is 5.43 Å². The first kappa shape index (κ1) is 15.0. The Labute approximate surface area is 135 Å². The van der Waals surface area contributed by atoms with Gasteiger partial charge in [-0.2, -0.15) is 0 Å². The van der Waals surface area contributed by atoms with Gasteiger partial charge in [0.15, 0.2) is 5.43 Å². The Morgan fingerprint density at radius 3 is 2.41 bits per heavy atom. The van der Waals surface area contributed by atoms with Crippen LogP contribution in [0, 0.1) is 34.6 Å². The summed E-state index contributed by atoms with van der Waals surface area (Å²) >= 11 is 1.72. The molecule has 22 heavy (non-hydrogen) atoms. The van der Waals surface area contributed by atoms with E-state index in [1.807, 2.05) is 13.8 Å². The van der Waals surface area contributed by atoms with E-state index in [4.69, 9.17) is 0 Å². The van der Waals surface area contributed by atoms with Gasteiger partial charge in [0.25, 0.3) is 0 Å². The lowest BCUT2D eigenvalue weighted by Crippen LogP contribution is -2.12. The van der Waals surface area contributed by atoms with E-state index in [1.165, 1.54) is 21.6 Å². The zero-order chi connectivity index (χ0) is 16.0. The van der Waals surface area contributed by atoms with Crippen molar-refractivity contribution in [2.45, 2.75) is 41.2 Å². The van der Waals surface area contributed by atoms with E-state index in [0.29, 0.717) is 0 Å². The second-order valence-corrected chi connectivity index (χ2v) is 7.32. The first-order valence-electron chi connectivity index (χ1n) is 7.54. The lowest BCUT2D eigenvalue weighted by molar-refractivity contribution is 0.797. The molecule has 3 rings (SSSR count). The van der Waals surface area contributed by atoms with Crippen LogP contribution in [-0.2, 0) is 6.54 Å². The standard InChI is InChI=1S/C19H21NOS/c1-11-6-7-16(8-12(11)2)10-20-13(3)9-17(21)18-14(4)15(5)22-19(18)20/h6-9H,10H2,1-5H3. The molecule has 0 aliphatic heterocycles. The molecule has 3 aromatic rings. The quantitative estimate of drug-likeness (QED) is 0.675. The number of aromatic nitrogens is 1. The molecule has 0 radical (unpaired) electrons. The van der Waals surface area contributed by atoms with Gasteiger partial charge in [0.1, 0.15) is 4.83 Å². The van der Waals surface area contributed by atoms with Crippen LogP contribution in [0.5, 0.6) is 0 Å². The summed E-state index contributed by atoms with van der Waals surface area (Å²) in [7, 11) is 0. The molecule has 0 atom stereocenters. The maximum atomic E-state index is 12.3. The molecular formula is C19H21NOS. The van der Waals surface area contributed by atoms with Crippen molar-refractivity contribution in [2.24, 2.45) is 0 Å². The minimum atomic E-state index is 0.144. The van der Waals surface area contributed by atoms with Crippen LogP contribution in [0.3, 0.4) is 0 Å². The monoisotopic (exact) mass is 311 g/mol. The molecule has 2 nitrogen and oxygen atoms in total. The fourth-order valence-corrected chi connectivity index (χ4v) is 4.09. The predicted molar refractivity (Wildman–Crippen MR) is 95.3 cm³/mol. The van der Waals surface area contributed by atoms with Crippen molar-refractivity contribution < 1.29 is 0 Å². The number of hydrogen-bond donors (Lipinski definition) is 0. The van der Waals surface area contributed by atoms with Crippen LogP contribution in [-0.4, -0.2) is 4.57 Å². The summed E-state index contributed by atoms with van der Waals surface area (Å²) in [6.07, 6.45) is 0. The van der Waals surface area contributed by atoms with Gasteiger partial charge in [-0.3, -0.25) is 4.79 Å². The third kappa shape index (κ3) is 2.40. The first-order valence-corrected chi connectivity index (χ1v) is 8.36. The Balaban J connectivity index is 2.20. The van der Waals surface area contributed by atoms with Gasteiger partial charge >= 0.3 is 0 Å². The van der Waals surface area contributed by atoms with Crippen molar-refractivity contribution in [1.29, 1.82) is 0 Å². The van der Waals surface area contributed by atoms with Gasteiger partial charge in [-0.05, 0) is 56.9 Å². The minimum Gasteiger partial charge on any atom is -0.332 e. The summed E-state index contributed by atoms with van der Waals surface area (Å²) in [6.45, 7) is 11.2. The molecule has 0 spiro atoms. The first-order chi connectivity index (χ1) is 10.4. The third-order valence-corrected chi connectivity index (χ3v) is 5.77. The van der Waals surface area contributed by atoms with E-state index in [0.717, 1.165) is 28.0 Å². The molecule has 0 amide bonds. The lowest BCUT2D eigenvalue weighted by atomic mass is 10.1. The fraction of sp³-hybridized carbons (Fsp3) is 0.316. The number of benzene rings is 1. The van der Waals surface area contributed by atoms with E-state index >= 15 is 0 Å². The summed E-state index contributed by atoms with van der Waals surface area (Å²) in [5, 5.41) is 0.886. The van der Waals surface area contributed by atoms with E-state index < -0.39 is 0 Å². The van der Waals surface area contributed by atoms with Crippen molar-refractivity contribution in [3.63, 3.8) is 0 Å². The Morgan fingerprint density at radius 1 is 1.00 bits per heavy atom. The molecule has 0 saturated carbocycles. The van der Waals surface area contributed by atoms with Crippen LogP contribution in [0.1, 0.15) is 32.8 Å². The molecule has 0 N–H and O–H groups in total. The Kier molecular flexibility index (Phi) is 3.69. The van der Waals surface area contributed by atoms with Crippen LogP contribution < -0.4 is 5.43 Å². The second kappa shape index (κ2) is 5.40. The highest BCUT2D eigenvalue weighted by atomic mass is 32.1. The lowest BCUT2D eigenvalue weighted by Gasteiger charge is -2.13. The summed E-state index contributed by atoms with van der Waals surface area (Å²) in [5.74, 6) is 0. The minimum absolute atomic E-state index is 0.144. The van der Waals surface area contributed by atoms with E-state index in [1.54, 1.807) is 17.4 Å². The molecule has 0 saturated heterocycles. The van der Waals surface area contributed by atoms with Gasteiger partial charge in [-0.25, -0.2) is 0 Å². The van der Waals surface area contributed by atoms with Gasteiger partial charge in [-0.15, -0.1) is 11.3 Å². The van der Waals surface area contributed by atoms with Gasteiger partial charge in [-0.1, -0.05) is 18.2 Å². The zero-order valence-corrected chi connectivity index (χ0v) is 14.6. The summed E-state index contributed by atoms with van der Waals surface area (Å²) in [6, 6.07) is 8.36. The molecule has 2 aromatic heterocycles. The Morgan fingerprint density at radius 2 is 1.73 bits per heavy atom. The number of fused-ring (bicyclic) bond motifs is 1. The molecule has 0 bridgehead atoms. The third-order valence-electron chi connectivity index (χ3n) is 4.54. The largest absolute Gasteiger partial charge is 0.332 e. The average molecular weight is 311 g/mol. The molecule has 2 heterocycles. The molecule has 0 aliphatic rings. The zero-order valence-electron chi connectivity index (χ0n) is 13.8. The number of thiophene rings is 1. The van der Waals surface area contributed by atoms with Crippen LogP contribution in [0.4, 0.5) is 0 Å². The molecule has 1 aromatic carbocycles. The van der Waals surface area contributed by atoms with Crippen molar-refractivity contribution in [1.82, 2.24) is 4.57 Å². The molecule has 114 valence electrons. The average Bonchev–Trinajstić information content (AvgIpc) is 2.75. The van der Waals surface area contributed by atoms with Crippen molar-refractivity contribution >= 4 is 21.6 Å². The number of nitrogens with zero attached hydrogens (tertiary/aromatic N) is 1. The van der Waals surface area contributed by atoms with Gasteiger partial charge in [0.05, 0.1) is 5.39 Å². The number of rotatable bonds is 2. The summed E-state index contributed by atoms with van der Waals surface area (Å²) in [4.78, 5) is 14.7.